The van der Waals surface area contributed by atoms with Gasteiger partial charge in [0, 0.05) is 18.6 Å². The van der Waals surface area contributed by atoms with E-state index in [1.165, 1.54) is 27.2 Å². The Labute approximate surface area is 263 Å². The topological polar surface area (TPSA) is 133 Å². The van der Waals surface area contributed by atoms with Gasteiger partial charge in [0.15, 0.2) is 11.5 Å². The minimum absolute atomic E-state index is 0.193. The zero-order valence-corrected chi connectivity index (χ0v) is 27.0. The van der Waals surface area contributed by atoms with E-state index in [4.69, 9.17) is 23.7 Å². The zero-order chi connectivity index (χ0) is 32.8. The van der Waals surface area contributed by atoms with E-state index in [2.05, 4.69) is 16.0 Å². The molecule has 2 atom stereocenters. The average molecular weight is 620 g/mol. The van der Waals surface area contributed by atoms with Crippen molar-refractivity contribution in [2.75, 3.05) is 46.2 Å². The van der Waals surface area contributed by atoms with Crippen molar-refractivity contribution in [1.82, 2.24) is 5.32 Å². The Kier molecular flexibility index (Phi) is 10.4. The van der Waals surface area contributed by atoms with Crippen LogP contribution in [0.1, 0.15) is 44.4 Å². The maximum Gasteiger partial charge on any atom is 0.247 e. The maximum atomic E-state index is 13.8. The van der Waals surface area contributed by atoms with Gasteiger partial charge in [-0.15, -0.1) is 0 Å². The molecule has 0 fully saturated rings. The van der Waals surface area contributed by atoms with Crippen molar-refractivity contribution < 1.29 is 33.3 Å². The van der Waals surface area contributed by atoms with Gasteiger partial charge in [0.2, 0.25) is 23.0 Å². The lowest BCUT2D eigenvalue weighted by atomic mass is 9.95. The third-order valence-electron chi connectivity index (χ3n) is 7.84. The molecule has 45 heavy (non-hydrogen) atoms. The quantitative estimate of drug-likeness (QED) is 0.273. The van der Waals surface area contributed by atoms with Crippen molar-refractivity contribution in [2.24, 2.45) is 5.92 Å². The minimum atomic E-state index is -0.774. The van der Waals surface area contributed by atoms with Gasteiger partial charge in [0.05, 0.1) is 53.0 Å². The van der Waals surface area contributed by atoms with Crippen LogP contribution in [0.4, 0.5) is 11.4 Å². The molecule has 240 valence electrons. The fourth-order valence-corrected chi connectivity index (χ4v) is 5.64. The summed E-state index contributed by atoms with van der Waals surface area (Å²) in [7, 11) is 7.69. The van der Waals surface area contributed by atoms with Crippen molar-refractivity contribution in [2.45, 2.75) is 45.7 Å². The Morgan fingerprint density at radius 2 is 1.51 bits per heavy atom. The van der Waals surface area contributed by atoms with E-state index in [1.807, 2.05) is 26.0 Å². The number of rotatable bonds is 11. The van der Waals surface area contributed by atoms with Gasteiger partial charge < -0.3 is 39.6 Å². The third kappa shape index (κ3) is 6.92. The summed E-state index contributed by atoms with van der Waals surface area (Å²) >= 11 is 0. The Morgan fingerprint density at radius 1 is 0.822 bits per heavy atom. The highest BCUT2D eigenvalue weighted by Crippen LogP contribution is 2.50. The smallest absolute Gasteiger partial charge is 0.247 e. The fourth-order valence-electron chi connectivity index (χ4n) is 5.64. The first kappa shape index (κ1) is 33.0. The molecule has 0 radical (unpaired) electrons. The van der Waals surface area contributed by atoms with E-state index in [0.717, 1.165) is 11.1 Å². The number of carbonyl (C=O) groups excluding carboxylic acids is 2. The second-order valence-electron chi connectivity index (χ2n) is 11.0. The molecule has 0 heterocycles. The summed E-state index contributed by atoms with van der Waals surface area (Å²) in [5.41, 5.74) is 3.33. The van der Waals surface area contributed by atoms with Crippen LogP contribution in [-0.2, 0) is 16.0 Å². The van der Waals surface area contributed by atoms with Crippen LogP contribution in [0.25, 0.3) is 11.1 Å². The summed E-state index contributed by atoms with van der Waals surface area (Å²) in [6, 6.07) is 10.8. The van der Waals surface area contributed by atoms with Crippen LogP contribution in [0.5, 0.6) is 28.7 Å². The molecular weight excluding hydrogens is 578 g/mol. The molecule has 0 aliphatic heterocycles. The van der Waals surface area contributed by atoms with Crippen LogP contribution in [-0.4, -0.2) is 53.4 Å². The van der Waals surface area contributed by atoms with E-state index >= 15 is 0 Å². The molecular formula is C34H41N3O8. The van der Waals surface area contributed by atoms with E-state index < -0.39 is 12.1 Å². The van der Waals surface area contributed by atoms with Gasteiger partial charge >= 0.3 is 0 Å². The number of benzene rings is 2. The molecule has 4 rings (SSSR count). The molecule has 0 aromatic heterocycles. The van der Waals surface area contributed by atoms with Gasteiger partial charge in [-0.1, -0.05) is 19.9 Å². The number of carbonyl (C=O) groups is 2. The summed E-state index contributed by atoms with van der Waals surface area (Å²) in [6.45, 7) is 5.22. The second kappa shape index (κ2) is 14.2. The molecule has 11 nitrogen and oxygen atoms in total. The predicted molar refractivity (Wildman–Crippen MR) is 173 cm³/mol. The third-order valence-corrected chi connectivity index (χ3v) is 7.84. The Balaban J connectivity index is 1.82. The van der Waals surface area contributed by atoms with Crippen LogP contribution in [0.15, 0.2) is 47.3 Å². The lowest BCUT2D eigenvalue weighted by Crippen LogP contribution is -2.40. The number of aryl methyl sites for hydroxylation is 1. The van der Waals surface area contributed by atoms with E-state index in [9.17, 15) is 14.4 Å². The van der Waals surface area contributed by atoms with E-state index in [1.54, 1.807) is 45.6 Å². The van der Waals surface area contributed by atoms with Gasteiger partial charge in [-0.05, 0) is 65.8 Å². The van der Waals surface area contributed by atoms with Gasteiger partial charge in [-0.3, -0.25) is 14.4 Å². The van der Waals surface area contributed by atoms with Crippen molar-refractivity contribution in [3.05, 3.63) is 63.8 Å². The number of amides is 2. The van der Waals surface area contributed by atoms with Gasteiger partial charge in [-0.2, -0.15) is 0 Å². The SMILES string of the molecule is COc1ccc(NC(=O)C(Nc2ccc3c(cc2=O)C(NC(C)=O)CCc2cc(OC)c(OC)c(OC)c2-3)C(C)C)c(OC)c1. The Morgan fingerprint density at radius 3 is 2.11 bits per heavy atom. The number of hydrogen-bond acceptors (Lipinski definition) is 9. The molecule has 0 spiro atoms. The van der Waals surface area contributed by atoms with Gasteiger partial charge in [0.1, 0.15) is 17.5 Å². The molecule has 0 bridgehead atoms. The van der Waals surface area contributed by atoms with Crippen LogP contribution in [0, 0.1) is 5.92 Å². The average Bonchev–Trinajstić information content (AvgIpc) is 3.26. The summed E-state index contributed by atoms with van der Waals surface area (Å²) in [4.78, 5) is 39.7. The number of nitrogens with one attached hydrogen (secondary N) is 3. The van der Waals surface area contributed by atoms with Crippen LogP contribution in [0.3, 0.4) is 0 Å². The van der Waals surface area contributed by atoms with Crippen molar-refractivity contribution in [3.63, 3.8) is 0 Å². The number of fused-ring (bicyclic) bond motifs is 3. The predicted octanol–water partition coefficient (Wildman–Crippen LogP) is 4.96. The lowest BCUT2D eigenvalue weighted by molar-refractivity contribution is -0.120. The fraction of sp³-hybridized carbons (Fsp3) is 0.382. The maximum absolute atomic E-state index is 13.8. The lowest BCUT2D eigenvalue weighted by Gasteiger charge is -2.23. The molecule has 0 saturated carbocycles. The molecule has 2 unspecified atom stereocenters. The van der Waals surface area contributed by atoms with Crippen LogP contribution >= 0.6 is 0 Å². The highest BCUT2D eigenvalue weighted by molar-refractivity contribution is 5.98. The van der Waals surface area contributed by atoms with Crippen LogP contribution < -0.4 is 45.1 Å². The molecule has 1 aliphatic carbocycles. The number of methoxy groups -OCH3 is 5. The minimum Gasteiger partial charge on any atom is -0.497 e. The van der Waals surface area contributed by atoms with E-state index in [-0.39, 0.29) is 28.8 Å². The van der Waals surface area contributed by atoms with E-state index in [0.29, 0.717) is 58.4 Å². The molecule has 3 aromatic rings. The highest BCUT2D eigenvalue weighted by Gasteiger charge is 2.30. The largest absolute Gasteiger partial charge is 0.497 e. The molecule has 0 saturated heterocycles. The standard InChI is InChI=1S/C34H41N3O8/c1-18(2)31(34(40)37-26-13-10-21(41-4)16-28(26)42-5)36-25-14-11-22-23(17-27(25)39)24(35-19(3)38)12-9-20-15-29(43-6)32(44-7)33(45-8)30(20)22/h10-11,13-18,24,31H,9,12H2,1-8H3,(H,35,38)(H,36,39)(H,37,40). The second-order valence-corrected chi connectivity index (χ2v) is 11.0. The summed E-state index contributed by atoms with van der Waals surface area (Å²) < 4.78 is 27.8. The first-order chi connectivity index (χ1) is 21.6. The monoisotopic (exact) mass is 619 g/mol. The molecule has 3 N–H and O–H groups in total. The molecule has 11 heteroatoms. The van der Waals surface area contributed by atoms with Crippen LogP contribution in [0.2, 0.25) is 0 Å². The Hall–Kier alpha value is -4.93. The normalized spacial score (nSPS) is 14.2. The first-order valence-electron chi connectivity index (χ1n) is 14.6. The van der Waals surface area contributed by atoms with Crippen molar-refractivity contribution >= 4 is 23.2 Å². The summed E-state index contributed by atoms with van der Waals surface area (Å²) in [5.74, 6) is 1.65. The Bertz CT molecular complexity index is 1640. The number of anilines is 2. The van der Waals surface area contributed by atoms with Gasteiger partial charge in [-0.25, -0.2) is 0 Å². The molecule has 1 aliphatic rings. The molecule has 3 aromatic carbocycles. The summed E-state index contributed by atoms with van der Waals surface area (Å²) in [5, 5.41) is 9.10. The highest BCUT2D eigenvalue weighted by atomic mass is 16.5. The van der Waals surface area contributed by atoms with Crippen molar-refractivity contribution in [1.29, 1.82) is 0 Å². The summed E-state index contributed by atoms with van der Waals surface area (Å²) in [6.07, 6.45) is 1.12. The van der Waals surface area contributed by atoms with Gasteiger partial charge in [0.25, 0.3) is 0 Å². The molecule has 2 amide bonds. The zero-order valence-electron chi connectivity index (χ0n) is 27.0. The first-order valence-corrected chi connectivity index (χ1v) is 14.6. The number of ether oxygens (including phenoxy) is 5. The number of hydrogen-bond donors (Lipinski definition) is 3. The van der Waals surface area contributed by atoms with Crippen molar-refractivity contribution in [3.8, 4) is 39.9 Å².